The SMILES string of the molecule is CC(Cc1cccs1)NCC1CCCN1C. The molecule has 1 aliphatic heterocycles. The fourth-order valence-corrected chi connectivity index (χ4v) is 3.21. The number of nitrogens with one attached hydrogen (secondary N) is 1. The fraction of sp³-hybridized carbons (Fsp3) is 0.692. The van der Waals surface area contributed by atoms with E-state index in [-0.39, 0.29) is 0 Å². The minimum atomic E-state index is 0.590. The molecule has 0 bridgehead atoms. The van der Waals surface area contributed by atoms with Gasteiger partial charge in [-0.3, -0.25) is 0 Å². The van der Waals surface area contributed by atoms with E-state index >= 15 is 0 Å². The van der Waals surface area contributed by atoms with Crippen molar-refractivity contribution in [3.63, 3.8) is 0 Å². The number of likely N-dealkylation sites (tertiary alicyclic amines) is 1. The van der Waals surface area contributed by atoms with Gasteiger partial charge in [0.2, 0.25) is 0 Å². The zero-order chi connectivity index (χ0) is 11.4. The van der Waals surface area contributed by atoms with E-state index in [9.17, 15) is 0 Å². The number of thiophene rings is 1. The van der Waals surface area contributed by atoms with E-state index < -0.39 is 0 Å². The molecular formula is C13H22N2S. The Kier molecular flexibility index (Phi) is 4.38. The van der Waals surface area contributed by atoms with Crippen LogP contribution < -0.4 is 5.32 Å². The predicted molar refractivity (Wildman–Crippen MR) is 71.1 cm³/mol. The van der Waals surface area contributed by atoms with Gasteiger partial charge in [-0.25, -0.2) is 0 Å². The van der Waals surface area contributed by atoms with Crippen molar-refractivity contribution >= 4 is 11.3 Å². The van der Waals surface area contributed by atoms with Crippen LogP contribution in [0.1, 0.15) is 24.6 Å². The first-order valence-electron chi connectivity index (χ1n) is 6.21. The van der Waals surface area contributed by atoms with Crippen LogP contribution in [0.3, 0.4) is 0 Å². The lowest BCUT2D eigenvalue weighted by Crippen LogP contribution is -2.39. The topological polar surface area (TPSA) is 15.3 Å². The van der Waals surface area contributed by atoms with Crippen LogP contribution in [0, 0.1) is 0 Å². The second kappa shape index (κ2) is 5.80. The monoisotopic (exact) mass is 238 g/mol. The lowest BCUT2D eigenvalue weighted by Gasteiger charge is -2.22. The Balaban J connectivity index is 1.69. The number of hydrogen-bond donors (Lipinski definition) is 1. The van der Waals surface area contributed by atoms with Gasteiger partial charge in [-0.2, -0.15) is 0 Å². The van der Waals surface area contributed by atoms with Gasteiger partial charge in [-0.05, 0) is 51.2 Å². The van der Waals surface area contributed by atoms with E-state index in [1.165, 1.54) is 24.3 Å². The summed E-state index contributed by atoms with van der Waals surface area (Å²) in [6, 6.07) is 5.71. The van der Waals surface area contributed by atoms with Crippen molar-refractivity contribution in [1.82, 2.24) is 10.2 Å². The molecule has 2 rings (SSSR count). The van der Waals surface area contributed by atoms with Crippen molar-refractivity contribution in [2.75, 3.05) is 20.1 Å². The molecule has 3 heteroatoms. The molecule has 0 saturated carbocycles. The second-order valence-electron chi connectivity index (χ2n) is 4.87. The van der Waals surface area contributed by atoms with E-state index in [1.807, 2.05) is 11.3 Å². The first-order chi connectivity index (χ1) is 7.75. The van der Waals surface area contributed by atoms with E-state index in [1.54, 1.807) is 0 Å². The van der Waals surface area contributed by atoms with Gasteiger partial charge in [-0.15, -0.1) is 11.3 Å². The van der Waals surface area contributed by atoms with Crippen LogP contribution in [0.2, 0.25) is 0 Å². The summed E-state index contributed by atoms with van der Waals surface area (Å²) in [6.07, 6.45) is 3.88. The highest BCUT2D eigenvalue weighted by Crippen LogP contribution is 2.14. The molecule has 1 N–H and O–H groups in total. The molecule has 0 amide bonds. The number of nitrogens with zero attached hydrogens (tertiary/aromatic N) is 1. The Labute approximate surface area is 103 Å². The molecule has 16 heavy (non-hydrogen) atoms. The van der Waals surface area contributed by atoms with Crippen molar-refractivity contribution in [3.05, 3.63) is 22.4 Å². The maximum Gasteiger partial charge on any atom is 0.0218 e. The van der Waals surface area contributed by atoms with Gasteiger partial charge >= 0.3 is 0 Å². The summed E-state index contributed by atoms with van der Waals surface area (Å²) in [5, 5.41) is 5.82. The van der Waals surface area contributed by atoms with Gasteiger partial charge in [0.05, 0.1) is 0 Å². The van der Waals surface area contributed by atoms with Crippen LogP contribution >= 0.6 is 11.3 Å². The average Bonchev–Trinajstić information content (AvgIpc) is 2.87. The largest absolute Gasteiger partial charge is 0.312 e. The van der Waals surface area contributed by atoms with E-state index in [0.717, 1.165) is 19.0 Å². The third kappa shape index (κ3) is 3.30. The summed E-state index contributed by atoms with van der Waals surface area (Å²) in [6.45, 7) is 4.70. The van der Waals surface area contributed by atoms with E-state index in [0.29, 0.717) is 6.04 Å². The van der Waals surface area contributed by atoms with Crippen molar-refractivity contribution in [3.8, 4) is 0 Å². The van der Waals surface area contributed by atoms with Gasteiger partial charge in [-0.1, -0.05) is 6.07 Å². The molecule has 1 aromatic heterocycles. The first kappa shape index (κ1) is 12.1. The lowest BCUT2D eigenvalue weighted by molar-refractivity contribution is 0.293. The maximum atomic E-state index is 3.66. The molecule has 0 aliphatic carbocycles. The van der Waals surface area contributed by atoms with Gasteiger partial charge in [0.15, 0.2) is 0 Å². The first-order valence-corrected chi connectivity index (χ1v) is 7.09. The van der Waals surface area contributed by atoms with Crippen LogP contribution in [0.15, 0.2) is 17.5 Å². The van der Waals surface area contributed by atoms with Crippen molar-refractivity contribution < 1.29 is 0 Å². The molecule has 90 valence electrons. The Hall–Kier alpha value is -0.380. The molecule has 0 aromatic carbocycles. The zero-order valence-corrected chi connectivity index (χ0v) is 11.1. The van der Waals surface area contributed by atoms with Crippen molar-refractivity contribution in [2.24, 2.45) is 0 Å². The number of rotatable bonds is 5. The molecule has 1 saturated heterocycles. The van der Waals surface area contributed by atoms with Gasteiger partial charge in [0.1, 0.15) is 0 Å². The number of hydrogen-bond acceptors (Lipinski definition) is 3. The summed E-state index contributed by atoms with van der Waals surface area (Å²) in [5.41, 5.74) is 0. The second-order valence-corrected chi connectivity index (χ2v) is 5.90. The maximum absolute atomic E-state index is 3.66. The molecule has 1 aromatic rings. The van der Waals surface area contributed by atoms with Gasteiger partial charge in [0.25, 0.3) is 0 Å². The summed E-state index contributed by atoms with van der Waals surface area (Å²) in [7, 11) is 2.24. The smallest absolute Gasteiger partial charge is 0.0218 e. The number of likely N-dealkylation sites (N-methyl/N-ethyl adjacent to an activating group) is 1. The van der Waals surface area contributed by atoms with Crippen LogP contribution in [0.4, 0.5) is 0 Å². The lowest BCUT2D eigenvalue weighted by atomic mass is 10.1. The normalized spacial score (nSPS) is 23.8. The third-order valence-corrected chi connectivity index (χ3v) is 4.36. The molecule has 2 heterocycles. The van der Waals surface area contributed by atoms with Crippen LogP contribution in [-0.2, 0) is 6.42 Å². The van der Waals surface area contributed by atoms with Crippen molar-refractivity contribution in [1.29, 1.82) is 0 Å². The highest BCUT2D eigenvalue weighted by Gasteiger charge is 2.20. The molecule has 0 radical (unpaired) electrons. The third-order valence-electron chi connectivity index (χ3n) is 3.46. The highest BCUT2D eigenvalue weighted by molar-refractivity contribution is 7.09. The van der Waals surface area contributed by atoms with Crippen LogP contribution in [-0.4, -0.2) is 37.1 Å². The Bertz CT molecular complexity index is 297. The van der Waals surface area contributed by atoms with Gasteiger partial charge < -0.3 is 10.2 Å². The molecule has 1 fully saturated rings. The Morgan fingerprint density at radius 3 is 3.12 bits per heavy atom. The predicted octanol–water partition coefficient (Wildman–Crippen LogP) is 2.36. The standard InChI is InChI=1S/C13H22N2S/c1-11(9-13-6-4-8-16-13)14-10-12-5-3-7-15(12)2/h4,6,8,11-12,14H,3,5,7,9-10H2,1-2H3. The van der Waals surface area contributed by atoms with Crippen molar-refractivity contribution in [2.45, 2.75) is 38.3 Å². The summed E-state index contributed by atoms with van der Waals surface area (Å²) >= 11 is 1.86. The quantitative estimate of drug-likeness (QED) is 0.847. The Morgan fingerprint density at radius 2 is 2.50 bits per heavy atom. The summed E-state index contributed by atoms with van der Waals surface area (Å²) in [4.78, 5) is 3.96. The summed E-state index contributed by atoms with van der Waals surface area (Å²) in [5.74, 6) is 0. The van der Waals surface area contributed by atoms with Gasteiger partial charge in [0, 0.05) is 23.5 Å². The minimum absolute atomic E-state index is 0.590. The zero-order valence-electron chi connectivity index (χ0n) is 10.3. The Morgan fingerprint density at radius 1 is 1.62 bits per heavy atom. The van der Waals surface area contributed by atoms with E-state index in [4.69, 9.17) is 0 Å². The van der Waals surface area contributed by atoms with Crippen LogP contribution in [0.5, 0.6) is 0 Å². The summed E-state index contributed by atoms with van der Waals surface area (Å²) < 4.78 is 0. The molecule has 2 nitrogen and oxygen atoms in total. The molecule has 2 unspecified atom stereocenters. The molecule has 0 spiro atoms. The average molecular weight is 238 g/mol. The van der Waals surface area contributed by atoms with Crippen LogP contribution in [0.25, 0.3) is 0 Å². The molecule has 2 atom stereocenters. The highest BCUT2D eigenvalue weighted by atomic mass is 32.1. The minimum Gasteiger partial charge on any atom is -0.312 e. The van der Waals surface area contributed by atoms with E-state index in [2.05, 4.69) is 41.7 Å². The fourth-order valence-electron chi connectivity index (χ4n) is 2.38. The molecular weight excluding hydrogens is 216 g/mol. The molecule has 1 aliphatic rings.